The highest BCUT2D eigenvalue weighted by Crippen LogP contribution is 2.47. The summed E-state index contributed by atoms with van der Waals surface area (Å²) in [5, 5.41) is 0. The fourth-order valence-corrected chi connectivity index (χ4v) is 3.78. The summed E-state index contributed by atoms with van der Waals surface area (Å²) < 4.78 is 4.97. The molecule has 1 aromatic rings. The summed E-state index contributed by atoms with van der Waals surface area (Å²) in [7, 11) is 3.24. The molecule has 1 aliphatic carbocycles. The van der Waals surface area contributed by atoms with Crippen LogP contribution in [0.4, 0.5) is 0 Å². The highest BCUT2D eigenvalue weighted by atomic mass is 16.5. The van der Waals surface area contributed by atoms with E-state index in [1.165, 1.54) is 7.11 Å². The molecule has 1 aliphatic heterocycles. The Balaban J connectivity index is 2.00. The first-order chi connectivity index (χ1) is 9.63. The van der Waals surface area contributed by atoms with Crippen LogP contribution in [0.3, 0.4) is 0 Å². The summed E-state index contributed by atoms with van der Waals surface area (Å²) in [5.74, 6) is -0.677. The highest BCUT2D eigenvalue weighted by molar-refractivity contribution is 5.88. The van der Waals surface area contributed by atoms with E-state index in [2.05, 4.69) is 0 Å². The highest BCUT2D eigenvalue weighted by Gasteiger charge is 2.53. The van der Waals surface area contributed by atoms with Crippen LogP contribution in [0.1, 0.15) is 24.3 Å². The monoisotopic (exact) mass is 273 g/mol. The molecule has 0 spiro atoms. The number of carbonyl (C=O) groups excluding carboxylic acids is 2. The SMILES string of the molecule is COC(=O)[C@@H]1[C@@H]2C[C@H](C[C@@H]1c1ccccc1)N(C)C2=O. The molecule has 1 heterocycles. The van der Waals surface area contributed by atoms with E-state index < -0.39 is 0 Å². The van der Waals surface area contributed by atoms with E-state index >= 15 is 0 Å². The first-order valence-corrected chi connectivity index (χ1v) is 7.03. The van der Waals surface area contributed by atoms with Crippen molar-refractivity contribution in [3.8, 4) is 0 Å². The van der Waals surface area contributed by atoms with Crippen molar-refractivity contribution in [2.45, 2.75) is 24.8 Å². The van der Waals surface area contributed by atoms with Crippen molar-refractivity contribution in [1.82, 2.24) is 4.90 Å². The van der Waals surface area contributed by atoms with Gasteiger partial charge < -0.3 is 9.64 Å². The third-order valence-corrected chi connectivity index (χ3v) is 4.83. The van der Waals surface area contributed by atoms with Crippen molar-refractivity contribution in [2.75, 3.05) is 14.2 Å². The molecule has 0 unspecified atom stereocenters. The predicted molar refractivity (Wildman–Crippen MR) is 74.0 cm³/mol. The van der Waals surface area contributed by atoms with Gasteiger partial charge in [-0.1, -0.05) is 30.3 Å². The first kappa shape index (κ1) is 13.2. The number of fused-ring (bicyclic) bond motifs is 2. The molecule has 106 valence electrons. The van der Waals surface area contributed by atoms with E-state index in [1.807, 2.05) is 42.3 Å². The molecule has 0 N–H and O–H groups in total. The van der Waals surface area contributed by atoms with Gasteiger partial charge in [0.05, 0.1) is 18.9 Å². The Morgan fingerprint density at radius 1 is 1.20 bits per heavy atom. The van der Waals surface area contributed by atoms with Gasteiger partial charge >= 0.3 is 5.97 Å². The second-order valence-corrected chi connectivity index (χ2v) is 5.75. The number of carbonyl (C=O) groups is 2. The van der Waals surface area contributed by atoms with Crippen molar-refractivity contribution in [1.29, 1.82) is 0 Å². The molecule has 0 aromatic heterocycles. The number of rotatable bonds is 2. The molecular weight excluding hydrogens is 254 g/mol. The minimum absolute atomic E-state index is 0.0706. The van der Waals surface area contributed by atoms with Gasteiger partial charge in [0.15, 0.2) is 0 Å². The molecule has 1 amide bonds. The molecule has 2 fully saturated rings. The lowest BCUT2D eigenvalue weighted by molar-refractivity contribution is -0.151. The Bertz CT molecular complexity index is 528. The van der Waals surface area contributed by atoms with Crippen LogP contribution in [0.15, 0.2) is 30.3 Å². The number of nitrogens with zero attached hydrogens (tertiary/aromatic N) is 1. The number of ether oxygens (including phenoxy) is 1. The lowest BCUT2D eigenvalue weighted by Crippen LogP contribution is -2.36. The van der Waals surface area contributed by atoms with E-state index in [1.54, 1.807) is 0 Å². The smallest absolute Gasteiger partial charge is 0.310 e. The van der Waals surface area contributed by atoms with E-state index in [0.29, 0.717) is 0 Å². The fraction of sp³-hybridized carbons (Fsp3) is 0.500. The van der Waals surface area contributed by atoms with Gasteiger partial charge in [-0.25, -0.2) is 0 Å². The molecule has 4 nitrogen and oxygen atoms in total. The lowest BCUT2D eigenvalue weighted by atomic mass is 9.69. The van der Waals surface area contributed by atoms with Crippen molar-refractivity contribution < 1.29 is 14.3 Å². The third kappa shape index (κ3) is 1.90. The number of hydrogen-bond acceptors (Lipinski definition) is 3. The predicted octanol–water partition coefficient (Wildman–Crippen LogP) is 1.81. The van der Waals surface area contributed by atoms with Crippen LogP contribution < -0.4 is 0 Å². The zero-order valence-electron chi connectivity index (χ0n) is 11.8. The number of esters is 1. The van der Waals surface area contributed by atoms with Crippen molar-refractivity contribution in [3.05, 3.63) is 35.9 Å². The van der Waals surface area contributed by atoms with Crippen LogP contribution in [0, 0.1) is 11.8 Å². The Kier molecular flexibility index (Phi) is 3.24. The van der Waals surface area contributed by atoms with Crippen LogP contribution in [-0.4, -0.2) is 37.0 Å². The largest absolute Gasteiger partial charge is 0.469 e. The molecule has 0 radical (unpaired) electrons. The lowest BCUT2D eigenvalue weighted by Gasteiger charge is -2.33. The Morgan fingerprint density at radius 2 is 1.85 bits per heavy atom. The average Bonchev–Trinajstić information content (AvgIpc) is 2.72. The molecule has 3 rings (SSSR count). The van der Waals surface area contributed by atoms with E-state index in [9.17, 15) is 9.59 Å². The topological polar surface area (TPSA) is 46.6 Å². The van der Waals surface area contributed by atoms with Crippen molar-refractivity contribution in [3.63, 3.8) is 0 Å². The number of hydrogen-bond donors (Lipinski definition) is 0. The van der Waals surface area contributed by atoms with E-state index in [-0.39, 0.29) is 35.7 Å². The van der Waals surface area contributed by atoms with E-state index in [0.717, 1.165) is 18.4 Å². The van der Waals surface area contributed by atoms with Crippen molar-refractivity contribution >= 4 is 11.9 Å². The van der Waals surface area contributed by atoms with Crippen molar-refractivity contribution in [2.24, 2.45) is 11.8 Å². The van der Waals surface area contributed by atoms with Gasteiger partial charge in [-0.3, -0.25) is 9.59 Å². The maximum Gasteiger partial charge on any atom is 0.310 e. The van der Waals surface area contributed by atoms with Crippen LogP contribution in [0.2, 0.25) is 0 Å². The van der Waals surface area contributed by atoms with Gasteiger partial charge in [-0.2, -0.15) is 0 Å². The quantitative estimate of drug-likeness (QED) is 0.772. The van der Waals surface area contributed by atoms with Gasteiger partial charge in [0.1, 0.15) is 0 Å². The second kappa shape index (κ2) is 4.93. The minimum Gasteiger partial charge on any atom is -0.469 e. The Hall–Kier alpha value is -1.84. The summed E-state index contributed by atoms with van der Waals surface area (Å²) >= 11 is 0. The summed E-state index contributed by atoms with van der Waals surface area (Å²) in [5.41, 5.74) is 1.13. The number of likely N-dealkylation sites (tertiary alicyclic amines) is 1. The van der Waals surface area contributed by atoms with Crippen LogP contribution >= 0.6 is 0 Å². The third-order valence-electron chi connectivity index (χ3n) is 4.83. The summed E-state index contributed by atoms with van der Waals surface area (Å²) in [6.07, 6.45) is 1.61. The van der Waals surface area contributed by atoms with Crippen LogP contribution in [0.5, 0.6) is 0 Å². The molecular formula is C16H19NO3. The fourth-order valence-electron chi connectivity index (χ4n) is 3.78. The summed E-state index contributed by atoms with van der Waals surface area (Å²) in [6.45, 7) is 0. The maximum atomic E-state index is 12.3. The maximum absolute atomic E-state index is 12.3. The Morgan fingerprint density at radius 3 is 2.50 bits per heavy atom. The van der Waals surface area contributed by atoms with Gasteiger partial charge in [0, 0.05) is 13.1 Å². The van der Waals surface area contributed by atoms with Gasteiger partial charge in [0.25, 0.3) is 0 Å². The van der Waals surface area contributed by atoms with Crippen LogP contribution in [-0.2, 0) is 14.3 Å². The zero-order valence-corrected chi connectivity index (χ0v) is 11.8. The van der Waals surface area contributed by atoms with Gasteiger partial charge in [-0.05, 0) is 24.3 Å². The molecule has 20 heavy (non-hydrogen) atoms. The second-order valence-electron chi connectivity index (χ2n) is 5.75. The average molecular weight is 273 g/mol. The standard InChI is InChI=1S/C16H19NO3/c1-17-11-8-12(10-6-4-3-5-7-10)14(16(19)20-2)13(9-11)15(17)18/h3-7,11-14H,8-9H2,1-2H3/t11-,12+,13-,14-/m0/s1. The van der Waals surface area contributed by atoms with Gasteiger partial charge in [0.2, 0.25) is 5.91 Å². The molecule has 1 saturated carbocycles. The van der Waals surface area contributed by atoms with Crippen LogP contribution in [0.25, 0.3) is 0 Å². The number of amides is 1. The molecule has 2 aliphatic rings. The normalized spacial score (nSPS) is 32.3. The summed E-state index contributed by atoms with van der Waals surface area (Å²) in [4.78, 5) is 26.3. The number of benzene rings is 1. The molecule has 1 saturated heterocycles. The van der Waals surface area contributed by atoms with Gasteiger partial charge in [-0.15, -0.1) is 0 Å². The zero-order chi connectivity index (χ0) is 14.3. The molecule has 2 bridgehead atoms. The molecule has 4 heteroatoms. The van der Waals surface area contributed by atoms with E-state index in [4.69, 9.17) is 4.74 Å². The first-order valence-electron chi connectivity index (χ1n) is 7.03. The summed E-state index contributed by atoms with van der Waals surface area (Å²) in [6, 6.07) is 10.2. The molecule has 1 aromatic carbocycles. The molecule has 4 atom stereocenters. The Labute approximate surface area is 118 Å². The number of methoxy groups -OCH3 is 1. The minimum atomic E-state index is -0.351.